The van der Waals surface area contributed by atoms with E-state index in [1.165, 1.54) is 12.5 Å². The van der Waals surface area contributed by atoms with Crippen molar-refractivity contribution in [1.82, 2.24) is 9.97 Å². The van der Waals surface area contributed by atoms with Crippen molar-refractivity contribution >= 4 is 28.9 Å². The molecule has 0 atom stereocenters. The van der Waals surface area contributed by atoms with Crippen molar-refractivity contribution in [3.8, 4) is 11.6 Å². The number of rotatable bonds is 2. The molecular formula is C10H7Cl2N3O. The third-order valence-corrected chi connectivity index (χ3v) is 2.55. The second kappa shape index (κ2) is 4.55. The first-order chi connectivity index (χ1) is 7.66. The Kier molecular flexibility index (Phi) is 3.12. The maximum atomic E-state index is 5.84. The predicted molar refractivity (Wildman–Crippen MR) is 63.0 cm³/mol. The molecule has 1 heterocycles. The third kappa shape index (κ3) is 2.35. The second-order valence-corrected chi connectivity index (χ2v) is 3.78. The van der Waals surface area contributed by atoms with Crippen LogP contribution in [-0.2, 0) is 0 Å². The fourth-order valence-electron chi connectivity index (χ4n) is 1.07. The summed E-state index contributed by atoms with van der Waals surface area (Å²) in [5.74, 6) is 0.799. The SMILES string of the molecule is Nc1cncnc1Oc1ccc(Cl)c(Cl)c1. The number of nitrogens with two attached hydrogens (primary N) is 1. The number of benzene rings is 1. The van der Waals surface area contributed by atoms with Crippen molar-refractivity contribution in [3.63, 3.8) is 0 Å². The molecule has 0 fully saturated rings. The molecule has 0 saturated heterocycles. The van der Waals surface area contributed by atoms with Crippen molar-refractivity contribution in [2.24, 2.45) is 0 Å². The van der Waals surface area contributed by atoms with Crippen molar-refractivity contribution < 1.29 is 4.74 Å². The van der Waals surface area contributed by atoms with Gasteiger partial charge in [-0.1, -0.05) is 23.2 Å². The Morgan fingerprint density at radius 2 is 2.00 bits per heavy atom. The molecular weight excluding hydrogens is 249 g/mol. The van der Waals surface area contributed by atoms with Crippen LogP contribution in [0.25, 0.3) is 0 Å². The summed E-state index contributed by atoms with van der Waals surface area (Å²) in [6.45, 7) is 0. The molecule has 6 heteroatoms. The molecule has 0 aliphatic heterocycles. The van der Waals surface area contributed by atoms with Crippen LogP contribution in [0.4, 0.5) is 5.69 Å². The normalized spacial score (nSPS) is 10.1. The van der Waals surface area contributed by atoms with Gasteiger partial charge in [0.05, 0.1) is 16.2 Å². The number of ether oxygens (including phenoxy) is 1. The lowest BCUT2D eigenvalue weighted by Crippen LogP contribution is -1.95. The Bertz CT molecular complexity index is 519. The van der Waals surface area contributed by atoms with Gasteiger partial charge in [-0.15, -0.1) is 0 Å². The summed E-state index contributed by atoms with van der Waals surface area (Å²) >= 11 is 11.6. The molecule has 0 radical (unpaired) electrons. The Hall–Kier alpha value is -1.52. The molecule has 0 bridgehead atoms. The van der Waals surface area contributed by atoms with Crippen LogP contribution >= 0.6 is 23.2 Å². The number of anilines is 1. The van der Waals surface area contributed by atoms with Gasteiger partial charge in [0.1, 0.15) is 17.8 Å². The highest BCUT2D eigenvalue weighted by atomic mass is 35.5. The molecule has 2 aromatic rings. The first-order valence-electron chi connectivity index (χ1n) is 4.35. The van der Waals surface area contributed by atoms with E-state index in [-0.39, 0.29) is 5.88 Å². The topological polar surface area (TPSA) is 61.0 Å². The minimum Gasteiger partial charge on any atom is -0.437 e. The summed E-state index contributed by atoms with van der Waals surface area (Å²) in [5, 5.41) is 0.872. The number of hydrogen-bond acceptors (Lipinski definition) is 4. The summed E-state index contributed by atoms with van der Waals surface area (Å²) in [6.07, 6.45) is 2.81. The Balaban J connectivity index is 2.28. The van der Waals surface area contributed by atoms with E-state index in [1.54, 1.807) is 18.2 Å². The van der Waals surface area contributed by atoms with Crippen LogP contribution in [0.1, 0.15) is 0 Å². The van der Waals surface area contributed by atoms with E-state index in [1.807, 2.05) is 0 Å². The Morgan fingerprint density at radius 3 is 2.69 bits per heavy atom. The Labute approximate surface area is 102 Å². The number of nitrogen functional groups attached to an aromatic ring is 1. The highest BCUT2D eigenvalue weighted by Gasteiger charge is 2.05. The lowest BCUT2D eigenvalue weighted by atomic mass is 10.3. The van der Waals surface area contributed by atoms with Crippen LogP contribution < -0.4 is 10.5 Å². The molecule has 2 N–H and O–H groups in total. The monoisotopic (exact) mass is 255 g/mol. The average molecular weight is 256 g/mol. The van der Waals surface area contributed by atoms with Gasteiger partial charge in [-0.3, -0.25) is 0 Å². The van der Waals surface area contributed by atoms with Crippen molar-refractivity contribution in [3.05, 3.63) is 40.8 Å². The fourth-order valence-corrected chi connectivity index (χ4v) is 1.35. The molecule has 0 spiro atoms. The van der Waals surface area contributed by atoms with Crippen LogP contribution in [0.5, 0.6) is 11.6 Å². The maximum Gasteiger partial charge on any atom is 0.245 e. The fraction of sp³-hybridized carbons (Fsp3) is 0. The predicted octanol–water partition coefficient (Wildman–Crippen LogP) is 3.16. The van der Waals surface area contributed by atoms with Crippen LogP contribution in [0.3, 0.4) is 0 Å². The summed E-state index contributed by atoms with van der Waals surface area (Å²) in [6, 6.07) is 4.90. The van der Waals surface area contributed by atoms with Gasteiger partial charge in [-0.05, 0) is 12.1 Å². The second-order valence-electron chi connectivity index (χ2n) is 2.96. The molecule has 4 nitrogen and oxygen atoms in total. The number of hydrogen-bond donors (Lipinski definition) is 1. The summed E-state index contributed by atoms with van der Waals surface area (Å²) in [4.78, 5) is 7.65. The van der Waals surface area contributed by atoms with Gasteiger partial charge in [-0.2, -0.15) is 4.98 Å². The highest BCUT2D eigenvalue weighted by Crippen LogP contribution is 2.30. The van der Waals surface area contributed by atoms with Gasteiger partial charge in [0, 0.05) is 6.07 Å². The van der Waals surface area contributed by atoms with Crippen LogP contribution in [0, 0.1) is 0 Å². The van der Waals surface area contributed by atoms with Gasteiger partial charge >= 0.3 is 0 Å². The first-order valence-corrected chi connectivity index (χ1v) is 5.11. The zero-order chi connectivity index (χ0) is 11.5. The average Bonchev–Trinajstić information content (AvgIpc) is 2.27. The molecule has 0 saturated carbocycles. The van der Waals surface area contributed by atoms with Gasteiger partial charge in [0.2, 0.25) is 5.88 Å². The minimum atomic E-state index is 0.286. The number of halogens is 2. The van der Waals surface area contributed by atoms with E-state index < -0.39 is 0 Å². The molecule has 1 aromatic heterocycles. The lowest BCUT2D eigenvalue weighted by molar-refractivity contribution is 0.464. The number of aromatic nitrogens is 2. The molecule has 1 aromatic carbocycles. The minimum absolute atomic E-state index is 0.286. The van der Waals surface area contributed by atoms with Gasteiger partial charge in [0.25, 0.3) is 0 Å². The zero-order valence-corrected chi connectivity index (χ0v) is 9.53. The van der Waals surface area contributed by atoms with Crippen molar-refractivity contribution in [2.75, 3.05) is 5.73 Å². The van der Waals surface area contributed by atoms with Gasteiger partial charge in [0.15, 0.2) is 0 Å². The summed E-state index contributed by atoms with van der Waals surface area (Å²) in [7, 11) is 0. The van der Waals surface area contributed by atoms with Crippen LogP contribution in [0.2, 0.25) is 10.0 Å². The summed E-state index contributed by atoms with van der Waals surface area (Å²) < 4.78 is 5.43. The van der Waals surface area contributed by atoms with Gasteiger partial charge in [-0.25, -0.2) is 4.98 Å². The smallest absolute Gasteiger partial charge is 0.245 e. The molecule has 0 aliphatic rings. The standard InChI is InChI=1S/C10H7Cl2N3O/c11-7-2-1-6(3-8(7)12)16-10-9(13)4-14-5-15-10/h1-5H,13H2. The largest absolute Gasteiger partial charge is 0.437 e. The van der Waals surface area contributed by atoms with Crippen LogP contribution in [-0.4, -0.2) is 9.97 Å². The third-order valence-electron chi connectivity index (χ3n) is 1.81. The summed E-state index contributed by atoms with van der Waals surface area (Å²) in [5.41, 5.74) is 5.98. The van der Waals surface area contributed by atoms with E-state index in [4.69, 9.17) is 33.7 Å². The molecule has 16 heavy (non-hydrogen) atoms. The first kappa shape index (κ1) is 11.0. The van der Waals surface area contributed by atoms with E-state index in [0.717, 1.165) is 0 Å². The zero-order valence-electron chi connectivity index (χ0n) is 8.02. The van der Waals surface area contributed by atoms with Gasteiger partial charge < -0.3 is 10.5 Å². The van der Waals surface area contributed by atoms with E-state index >= 15 is 0 Å². The maximum absolute atomic E-state index is 5.84. The van der Waals surface area contributed by atoms with E-state index in [0.29, 0.717) is 21.5 Å². The molecule has 0 amide bonds. The molecule has 0 unspecified atom stereocenters. The number of nitrogens with zero attached hydrogens (tertiary/aromatic N) is 2. The van der Waals surface area contributed by atoms with E-state index in [9.17, 15) is 0 Å². The van der Waals surface area contributed by atoms with E-state index in [2.05, 4.69) is 9.97 Å². The lowest BCUT2D eigenvalue weighted by Gasteiger charge is -2.06. The van der Waals surface area contributed by atoms with Crippen molar-refractivity contribution in [1.29, 1.82) is 0 Å². The quantitative estimate of drug-likeness (QED) is 0.896. The van der Waals surface area contributed by atoms with Crippen molar-refractivity contribution in [2.45, 2.75) is 0 Å². The molecule has 82 valence electrons. The highest BCUT2D eigenvalue weighted by molar-refractivity contribution is 6.42. The van der Waals surface area contributed by atoms with Crippen LogP contribution in [0.15, 0.2) is 30.7 Å². The molecule has 0 aliphatic carbocycles. The Morgan fingerprint density at radius 1 is 1.19 bits per heavy atom. The molecule has 2 rings (SSSR count).